The van der Waals surface area contributed by atoms with Crippen molar-refractivity contribution in [3.8, 4) is 0 Å². The smallest absolute Gasteiger partial charge is 0.224 e. The fourth-order valence-corrected chi connectivity index (χ4v) is 3.93. The summed E-state index contributed by atoms with van der Waals surface area (Å²) in [6.45, 7) is 2.15. The lowest BCUT2D eigenvalue weighted by Crippen LogP contribution is -1.97. The molecule has 4 nitrogen and oxygen atoms in total. The fraction of sp³-hybridized carbons (Fsp3) is 0.214. The van der Waals surface area contributed by atoms with Gasteiger partial charge in [0.15, 0.2) is 0 Å². The average molecular weight is 381 g/mol. The number of rotatable bonds is 4. The molecule has 3 aromatic heterocycles. The molecule has 108 valence electrons. The molecule has 3 rings (SSSR count). The third-order valence-electron chi connectivity index (χ3n) is 2.88. The summed E-state index contributed by atoms with van der Waals surface area (Å²) in [6, 6.07) is 6.15. The first-order valence-electron chi connectivity index (χ1n) is 6.47. The Kier molecular flexibility index (Phi) is 4.42. The summed E-state index contributed by atoms with van der Waals surface area (Å²) in [4.78, 5) is 15.9. The molecule has 0 bridgehead atoms. The molecule has 3 aromatic rings. The highest BCUT2D eigenvalue weighted by molar-refractivity contribution is 9.10. The van der Waals surface area contributed by atoms with Crippen molar-refractivity contribution in [2.24, 2.45) is 0 Å². The number of nitrogens with zero attached hydrogens (tertiary/aromatic N) is 3. The van der Waals surface area contributed by atoms with Gasteiger partial charge < -0.3 is 5.32 Å². The van der Waals surface area contributed by atoms with Gasteiger partial charge in [0, 0.05) is 28.0 Å². The van der Waals surface area contributed by atoms with Crippen LogP contribution in [0.15, 0.2) is 38.9 Å². The number of hydrogen-bond acceptors (Lipinski definition) is 6. The minimum Gasteiger partial charge on any atom is -0.357 e. The van der Waals surface area contributed by atoms with Crippen LogP contribution in [-0.2, 0) is 6.42 Å². The number of halogens is 1. The van der Waals surface area contributed by atoms with Crippen LogP contribution in [0.25, 0.3) is 10.2 Å². The first-order chi connectivity index (χ1) is 10.2. The zero-order valence-electron chi connectivity index (χ0n) is 11.6. The highest BCUT2D eigenvalue weighted by Crippen LogP contribution is 2.35. The maximum atomic E-state index is 4.58. The molecular weight excluding hydrogens is 368 g/mol. The number of hydrogen-bond donors (Lipinski definition) is 1. The van der Waals surface area contributed by atoms with E-state index in [1.165, 1.54) is 4.88 Å². The monoisotopic (exact) mass is 380 g/mol. The third-order valence-corrected chi connectivity index (χ3v) is 5.48. The Morgan fingerprint density at radius 3 is 2.86 bits per heavy atom. The number of fused-ring (bicyclic) bond motifs is 1. The van der Waals surface area contributed by atoms with E-state index in [9.17, 15) is 0 Å². The van der Waals surface area contributed by atoms with Crippen LogP contribution in [0, 0.1) is 0 Å². The summed E-state index contributed by atoms with van der Waals surface area (Å²) in [6.07, 6.45) is 2.81. The van der Waals surface area contributed by atoms with E-state index in [0.717, 1.165) is 31.2 Å². The second-order valence-electron chi connectivity index (χ2n) is 4.30. The van der Waals surface area contributed by atoms with Crippen molar-refractivity contribution in [3.05, 3.63) is 33.7 Å². The highest BCUT2D eigenvalue weighted by atomic mass is 79.9. The summed E-state index contributed by atoms with van der Waals surface area (Å²) < 4.78 is 0.972. The number of nitrogens with one attached hydrogen (secondary N) is 1. The maximum Gasteiger partial charge on any atom is 0.224 e. The minimum atomic E-state index is 0.645. The molecule has 0 fully saturated rings. The van der Waals surface area contributed by atoms with Gasteiger partial charge >= 0.3 is 0 Å². The lowest BCUT2D eigenvalue weighted by molar-refractivity contribution is 1.08. The van der Waals surface area contributed by atoms with Gasteiger partial charge in [0.05, 0.1) is 0 Å². The predicted octanol–water partition coefficient (Wildman–Crippen LogP) is 4.60. The quantitative estimate of drug-likeness (QED) is 0.669. The Labute approximate surface area is 139 Å². The maximum absolute atomic E-state index is 4.58. The molecule has 7 heteroatoms. The van der Waals surface area contributed by atoms with E-state index in [-0.39, 0.29) is 0 Å². The molecule has 0 aliphatic rings. The lowest BCUT2D eigenvalue weighted by atomic mass is 10.3. The second kappa shape index (κ2) is 6.29. The van der Waals surface area contributed by atoms with Crippen LogP contribution < -0.4 is 5.32 Å². The normalized spacial score (nSPS) is 11.0. The molecule has 0 atom stereocenters. The van der Waals surface area contributed by atoms with Gasteiger partial charge in [0.1, 0.15) is 14.9 Å². The molecule has 0 saturated carbocycles. The number of aryl methyl sites for hydroxylation is 1. The molecule has 0 unspecified atom stereocenters. The molecule has 0 spiro atoms. The molecule has 1 N–H and O–H groups in total. The van der Waals surface area contributed by atoms with Crippen molar-refractivity contribution < 1.29 is 0 Å². The molecular formula is C14H13BrN4S2. The molecule has 3 heterocycles. The van der Waals surface area contributed by atoms with Crippen molar-refractivity contribution >= 4 is 55.2 Å². The van der Waals surface area contributed by atoms with Crippen LogP contribution in [0.1, 0.15) is 11.8 Å². The Morgan fingerprint density at radius 1 is 1.33 bits per heavy atom. The Morgan fingerprint density at radius 2 is 2.19 bits per heavy atom. The number of thiophene rings is 1. The van der Waals surface area contributed by atoms with Crippen molar-refractivity contribution in [1.29, 1.82) is 0 Å². The van der Waals surface area contributed by atoms with Gasteiger partial charge in [-0.05, 0) is 52.3 Å². The first-order valence-corrected chi connectivity index (χ1v) is 8.90. The average Bonchev–Trinajstić information content (AvgIpc) is 2.92. The molecule has 0 aromatic carbocycles. The Bertz CT molecular complexity index is 770. The van der Waals surface area contributed by atoms with E-state index >= 15 is 0 Å². The largest absolute Gasteiger partial charge is 0.357 e. The zero-order valence-corrected chi connectivity index (χ0v) is 14.8. The van der Waals surface area contributed by atoms with E-state index in [4.69, 9.17) is 0 Å². The Balaban J connectivity index is 2.06. The summed E-state index contributed by atoms with van der Waals surface area (Å²) >= 11 is 6.68. The van der Waals surface area contributed by atoms with E-state index in [1.807, 2.05) is 19.2 Å². The van der Waals surface area contributed by atoms with Gasteiger partial charge in [-0.25, -0.2) is 15.0 Å². The number of anilines is 1. The summed E-state index contributed by atoms with van der Waals surface area (Å²) in [5.74, 6) is 0.645. The van der Waals surface area contributed by atoms with Gasteiger partial charge in [-0.15, -0.1) is 11.3 Å². The van der Waals surface area contributed by atoms with Crippen LogP contribution in [0.2, 0.25) is 0 Å². The van der Waals surface area contributed by atoms with Crippen LogP contribution >= 0.6 is 39.0 Å². The molecule has 0 aliphatic carbocycles. The third kappa shape index (κ3) is 3.20. The SMILES string of the molecule is CCc1cc2c(Sc3ccc(Br)cn3)nc(NC)nc2s1. The van der Waals surface area contributed by atoms with E-state index in [1.54, 1.807) is 29.3 Å². The number of aromatic nitrogens is 3. The molecule has 0 aliphatic heterocycles. The fourth-order valence-electron chi connectivity index (χ4n) is 1.83. The molecule has 21 heavy (non-hydrogen) atoms. The van der Waals surface area contributed by atoms with Crippen molar-refractivity contribution in [1.82, 2.24) is 15.0 Å². The summed E-state index contributed by atoms with van der Waals surface area (Å²) in [5, 5.41) is 5.99. The van der Waals surface area contributed by atoms with Gasteiger partial charge in [-0.3, -0.25) is 0 Å². The summed E-state index contributed by atoms with van der Waals surface area (Å²) in [5.41, 5.74) is 0. The minimum absolute atomic E-state index is 0.645. The highest BCUT2D eigenvalue weighted by Gasteiger charge is 2.12. The Hall–Kier alpha value is -1.18. The molecule has 0 radical (unpaired) electrons. The van der Waals surface area contributed by atoms with Crippen molar-refractivity contribution in [3.63, 3.8) is 0 Å². The predicted molar refractivity (Wildman–Crippen MR) is 92.4 cm³/mol. The van der Waals surface area contributed by atoms with Gasteiger partial charge in [-0.2, -0.15) is 0 Å². The van der Waals surface area contributed by atoms with Crippen LogP contribution in [0.5, 0.6) is 0 Å². The number of pyridine rings is 1. The van der Waals surface area contributed by atoms with E-state index < -0.39 is 0 Å². The summed E-state index contributed by atoms with van der Waals surface area (Å²) in [7, 11) is 1.84. The second-order valence-corrected chi connectivity index (χ2v) is 7.34. The topological polar surface area (TPSA) is 50.7 Å². The van der Waals surface area contributed by atoms with Gasteiger partial charge in [0.25, 0.3) is 0 Å². The van der Waals surface area contributed by atoms with Gasteiger partial charge in [0.2, 0.25) is 5.95 Å². The lowest BCUT2D eigenvalue weighted by Gasteiger charge is -2.04. The standard InChI is InChI=1S/C14H13BrN4S2/c1-3-9-6-10-12(20-9)18-14(16-2)19-13(10)21-11-5-4-8(15)7-17-11/h4-7H,3H2,1-2H3,(H,16,18,19). The zero-order chi connectivity index (χ0) is 14.8. The van der Waals surface area contributed by atoms with Gasteiger partial charge in [-0.1, -0.05) is 6.92 Å². The van der Waals surface area contributed by atoms with E-state index in [0.29, 0.717) is 5.95 Å². The van der Waals surface area contributed by atoms with Crippen molar-refractivity contribution in [2.45, 2.75) is 23.4 Å². The van der Waals surface area contributed by atoms with E-state index in [2.05, 4.69) is 49.2 Å². The van der Waals surface area contributed by atoms with Crippen LogP contribution in [0.4, 0.5) is 5.95 Å². The van der Waals surface area contributed by atoms with Crippen LogP contribution in [-0.4, -0.2) is 22.0 Å². The molecule has 0 amide bonds. The van der Waals surface area contributed by atoms with Crippen LogP contribution in [0.3, 0.4) is 0 Å². The first kappa shape index (κ1) is 14.7. The van der Waals surface area contributed by atoms with Crippen molar-refractivity contribution in [2.75, 3.05) is 12.4 Å². The molecule has 0 saturated heterocycles.